The molecule has 2 unspecified atom stereocenters. The number of aliphatic hydroxyl groups is 1. The molecule has 0 radical (unpaired) electrons. The van der Waals surface area contributed by atoms with E-state index in [1.165, 1.54) is 64.2 Å². The fourth-order valence-corrected chi connectivity index (χ4v) is 4.01. The summed E-state index contributed by atoms with van der Waals surface area (Å²) in [4.78, 5) is 11.2. The molecule has 0 amide bonds. The van der Waals surface area contributed by atoms with Gasteiger partial charge in [0.05, 0.1) is 19.1 Å². The highest BCUT2D eigenvalue weighted by Gasteiger charge is 2.19. The summed E-state index contributed by atoms with van der Waals surface area (Å²) in [5.41, 5.74) is 0. The summed E-state index contributed by atoms with van der Waals surface area (Å²) < 4.78 is 4.85. The summed E-state index contributed by atoms with van der Waals surface area (Å²) in [7, 11) is 0. The van der Waals surface area contributed by atoms with Crippen LogP contribution in [0, 0.1) is 11.8 Å². The van der Waals surface area contributed by atoms with Gasteiger partial charge in [0.1, 0.15) is 0 Å². The van der Waals surface area contributed by atoms with Crippen LogP contribution >= 0.6 is 0 Å². The number of aliphatic hydroxyl groups excluding tert-OH is 1. The van der Waals surface area contributed by atoms with Gasteiger partial charge in [-0.15, -0.1) is 0 Å². The SMILES string of the molecule is CCOC(=O)CC(O)CCCCCCCCC(C)C1CCCCC1. The molecular formula is C21H40O3. The van der Waals surface area contributed by atoms with Gasteiger partial charge in [-0.25, -0.2) is 0 Å². The first-order valence-electron chi connectivity index (χ1n) is 10.5. The van der Waals surface area contributed by atoms with Crippen LogP contribution < -0.4 is 0 Å². The van der Waals surface area contributed by atoms with Gasteiger partial charge in [-0.2, -0.15) is 0 Å². The van der Waals surface area contributed by atoms with Gasteiger partial charge in [-0.1, -0.05) is 84.0 Å². The number of hydrogen-bond donors (Lipinski definition) is 1. The lowest BCUT2D eigenvalue weighted by Crippen LogP contribution is -2.15. The van der Waals surface area contributed by atoms with Crippen molar-refractivity contribution in [3.05, 3.63) is 0 Å². The van der Waals surface area contributed by atoms with E-state index in [0.29, 0.717) is 6.61 Å². The molecule has 0 aromatic rings. The minimum Gasteiger partial charge on any atom is -0.466 e. The van der Waals surface area contributed by atoms with Crippen molar-refractivity contribution in [2.75, 3.05) is 6.61 Å². The van der Waals surface area contributed by atoms with Crippen molar-refractivity contribution >= 4 is 5.97 Å². The predicted molar refractivity (Wildman–Crippen MR) is 99.9 cm³/mol. The first kappa shape index (κ1) is 21.5. The molecule has 0 bridgehead atoms. The third-order valence-corrected chi connectivity index (χ3v) is 5.61. The maximum Gasteiger partial charge on any atom is 0.308 e. The maximum absolute atomic E-state index is 11.2. The Morgan fingerprint density at radius 1 is 1.00 bits per heavy atom. The van der Waals surface area contributed by atoms with Gasteiger partial charge in [0.2, 0.25) is 0 Å². The molecule has 0 spiro atoms. The fraction of sp³-hybridized carbons (Fsp3) is 0.952. The second-order valence-corrected chi connectivity index (χ2v) is 7.74. The molecule has 0 heterocycles. The summed E-state index contributed by atoms with van der Waals surface area (Å²) >= 11 is 0. The lowest BCUT2D eigenvalue weighted by atomic mass is 9.79. The minimum absolute atomic E-state index is 0.146. The van der Waals surface area contributed by atoms with Gasteiger partial charge in [0, 0.05) is 0 Å². The lowest BCUT2D eigenvalue weighted by molar-refractivity contribution is -0.145. The quantitative estimate of drug-likeness (QED) is 0.349. The maximum atomic E-state index is 11.2. The zero-order valence-electron chi connectivity index (χ0n) is 16.1. The fourth-order valence-electron chi connectivity index (χ4n) is 4.01. The molecule has 142 valence electrons. The van der Waals surface area contributed by atoms with Crippen LogP contribution in [0.5, 0.6) is 0 Å². The molecule has 1 aliphatic rings. The van der Waals surface area contributed by atoms with Crippen molar-refractivity contribution in [2.24, 2.45) is 11.8 Å². The molecule has 3 nitrogen and oxygen atoms in total. The van der Waals surface area contributed by atoms with E-state index < -0.39 is 6.10 Å². The zero-order valence-corrected chi connectivity index (χ0v) is 16.1. The van der Waals surface area contributed by atoms with E-state index in [1.54, 1.807) is 6.92 Å². The molecule has 1 saturated carbocycles. The largest absolute Gasteiger partial charge is 0.466 e. The van der Waals surface area contributed by atoms with Crippen LogP contribution in [0.2, 0.25) is 0 Å². The Labute approximate surface area is 149 Å². The second-order valence-electron chi connectivity index (χ2n) is 7.74. The standard InChI is InChI=1S/C21H40O3/c1-3-24-21(23)17-20(22)16-12-7-5-4-6-9-13-18(2)19-14-10-8-11-15-19/h18-20,22H,3-17H2,1-2H3. The number of esters is 1. The Kier molecular flexibility index (Phi) is 12.2. The predicted octanol–water partition coefficient (Wildman–Crippen LogP) is 5.64. The van der Waals surface area contributed by atoms with Crippen LogP contribution in [0.3, 0.4) is 0 Å². The molecule has 0 saturated heterocycles. The Morgan fingerprint density at radius 3 is 2.21 bits per heavy atom. The molecule has 0 aromatic carbocycles. The first-order valence-corrected chi connectivity index (χ1v) is 10.5. The van der Waals surface area contributed by atoms with E-state index in [1.807, 2.05) is 0 Å². The van der Waals surface area contributed by atoms with E-state index in [-0.39, 0.29) is 12.4 Å². The number of hydrogen-bond acceptors (Lipinski definition) is 3. The van der Waals surface area contributed by atoms with Crippen LogP contribution in [0.4, 0.5) is 0 Å². The topological polar surface area (TPSA) is 46.5 Å². The van der Waals surface area contributed by atoms with Gasteiger partial charge in [-0.05, 0) is 25.2 Å². The van der Waals surface area contributed by atoms with Crippen molar-refractivity contribution < 1.29 is 14.6 Å². The number of rotatable bonds is 13. The Balaban J connectivity index is 1.88. The summed E-state index contributed by atoms with van der Waals surface area (Å²) in [5, 5.41) is 9.77. The Bertz CT molecular complexity index is 310. The third-order valence-electron chi connectivity index (χ3n) is 5.61. The van der Waals surface area contributed by atoms with Gasteiger partial charge in [0.25, 0.3) is 0 Å². The summed E-state index contributed by atoms with van der Waals surface area (Å²) in [6.07, 6.45) is 16.5. The van der Waals surface area contributed by atoms with E-state index in [2.05, 4.69) is 6.92 Å². The smallest absolute Gasteiger partial charge is 0.308 e. The first-order chi connectivity index (χ1) is 11.6. The Hall–Kier alpha value is -0.570. The van der Waals surface area contributed by atoms with E-state index in [4.69, 9.17) is 4.74 Å². The van der Waals surface area contributed by atoms with E-state index in [9.17, 15) is 9.90 Å². The van der Waals surface area contributed by atoms with Crippen LogP contribution in [0.1, 0.15) is 104 Å². The van der Waals surface area contributed by atoms with E-state index in [0.717, 1.165) is 31.1 Å². The van der Waals surface area contributed by atoms with Crippen LogP contribution in [0.25, 0.3) is 0 Å². The highest BCUT2D eigenvalue weighted by molar-refractivity contribution is 5.69. The van der Waals surface area contributed by atoms with Gasteiger partial charge < -0.3 is 9.84 Å². The average Bonchev–Trinajstić information content (AvgIpc) is 2.58. The third kappa shape index (κ3) is 10.3. The summed E-state index contributed by atoms with van der Waals surface area (Å²) in [5.74, 6) is 1.64. The summed E-state index contributed by atoms with van der Waals surface area (Å²) in [6, 6.07) is 0. The number of ether oxygens (including phenoxy) is 1. The molecule has 1 rings (SSSR count). The molecule has 1 aliphatic carbocycles. The minimum atomic E-state index is -0.527. The van der Waals surface area contributed by atoms with Gasteiger partial charge in [-0.3, -0.25) is 4.79 Å². The average molecular weight is 341 g/mol. The molecule has 24 heavy (non-hydrogen) atoms. The van der Waals surface area contributed by atoms with Crippen LogP contribution in [-0.2, 0) is 9.53 Å². The highest BCUT2D eigenvalue weighted by atomic mass is 16.5. The van der Waals surface area contributed by atoms with Gasteiger partial charge in [0.15, 0.2) is 0 Å². The molecule has 3 heteroatoms. The van der Waals surface area contributed by atoms with Crippen LogP contribution in [-0.4, -0.2) is 23.8 Å². The molecular weight excluding hydrogens is 300 g/mol. The number of carbonyl (C=O) groups is 1. The summed E-state index contributed by atoms with van der Waals surface area (Å²) in [6.45, 7) is 4.64. The van der Waals surface area contributed by atoms with Crippen molar-refractivity contribution in [2.45, 2.75) is 110 Å². The normalized spacial score (nSPS) is 18.3. The highest BCUT2D eigenvalue weighted by Crippen LogP contribution is 2.32. The number of carbonyl (C=O) groups excluding carboxylic acids is 1. The van der Waals surface area contributed by atoms with E-state index >= 15 is 0 Å². The van der Waals surface area contributed by atoms with Gasteiger partial charge >= 0.3 is 5.97 Å². The molecule has 1 N–H and O–H groups in total. The monoisotopic (exact) mass is 340 g/mol. The molecule has 2 atom stereocenters. The second kappa shape index (κ2) is 13.7. The van der Waals surface area contributed by atoms with Crippen molar-refractivity contribution in [1.29, 1.82) is 0 Å². The molecule has 1 fully saturated rings. The van der Waals surface area contributed by atoms with Crippen molar-refractivity contribution in [3.8, 4) is 0 Å². The van der Waals surface area contributed by atoms with Crippen LogP contribution in [0.15, 0.2) is 0 Å². The van der Waals surface area contributed by atoms with Crippen molar-refractivity contribution in [3.63, 3.8) is 0 Å². The van der Waals surface area contributed by atoms with Crippen molar-refractivity contribution in [1.82, 2.24) is 0 Å². The number of unbranched alkanes of at least 4 members (excludes halogenated alkanes) is 5. The zero-order chi connectivity index (χ0) is 17.6. The molecule has 0 aliphatic heterocycles. The molecule has 0 aromatic heterocycles. The lowest BCUT2D eigenvalue weighted by Gasteiger charge is -2.27. The Morgan fingerprint density at radius 2 is 1.58 bits per heavy atom.